The molecule has 3 rings (SSSR count). The van der Waals surface area contributed by atoms with E-state index in [9.17, 15) is 13.6 Å². The molecule has 28 heavy (non-hydrogen) atoms. The molecule has 0 atom stereocenters. The molecule has 4 nitrogen and oxygen atoms in total. The third kappa shape index (κ3) is 5.00. The van der Waals surface area contributed by atoms with Gasteiger partial charge in [-0.05, 0) is 80.6 Å². The minimum absolute atomic E-state index is 0.139. The maximum absolute atomic E-state index is 13.5. The first kappa shape index (κ1) is 20.1. The second kappa shape index (κ2) is 9.53. The molecule has 0 aliphatic carbocycles. The number of urea groups is 1. The lowest BCUT2D eigenvalue weighted by Gasteiger charge is -2.25. The molecule has 150 valence electrons. The lowest BCUT2D eigenvalue weighted by Crippen LogP contribution is -2.41. The lowest BCUT2D eigenvalue weighted by atomic mass is 10.1. The Morgan fingerprint density at radius 2 is 1.86 bits per heavy atom. The molecular weight excluding hydrogens is 360 g/mol. The van der Waals surface area contributed by atoms with E-state index in [0.29, 0.717) is 13.1 Å². The zero-order chi connectivity index (χ0) is 19.9. The predicted octanol–water partition coefficient (Wildman–Crippen LogP) is 4.73. The normalized spacial score (nSPS) is 13.6. The summed E-state index contributed by atoms with van der Waals surface area (Å²) in [6.07, 6.45) is 3.42. The minimum Gasteiger partial charge on any atom is -0.372 e. The van der Waals surface area contributed by atoms with Crippen LogP contribution in [0.15, 0.2) is 42.5 Å². The number of anilines is 2. The summed E-state index contributed by atoms with van der Waals surface area (Å²) in [6, 6.07) is 11.0. The number of rotatable bonds is 6. The van der Waals surface area contributed by atoms with Gasteiger partial charge in [0.05, 0.1) is 0 Å². The molecule has 0 unspecified atom stereocenters. The number of nitrogens with one attached hydrogen (secondary N) is 1. The van der Waals surface area contributed by atoms with Crippen molar-refractivity contribution in [2.24, 2.45) is 0 Å². The number of aryl methyl sites for hydroxylation is 1. The van der Waals surface area contributed by atoms with Gasteiger partial charge in [0.15, 0.2) is 0 Å². The van der Waals surface area contributed by atoms with Crippen molar-refractivity contribution in [3.05, 3.63) is 59.7 Å². The van der Waals surface area contributed by atoms with Crippen molar-refractivity contribution >= 4 is 17.4 Å². The molecule has 0 aromatic heterocycles. The standard InChI is InChI=1S/C22H27F2N3O/c1-2-26(20-10-7-18(23)8-11-20)14-5-13-25-22(28)27-15-4-3-6-17-16-19(24)9-12-21(17)27/h7-12,16H,2-6,13-15H2,1H3,(H,25,28). The van der Waals surface area contributed by atoms with Crippen LogP contribution in [0, 0.1) is 11.6 Å². The van der Waals surface area contributed by atoms with Crippen molar-refractivity contribution in [2.45, 2.75) is 32.6 Å². The smallest absolute Gasteiger partial charge is 0.321 e. The average molecular weight is 387 g/mol. The Kier molecular flexibility index (Phi) is 6.85. The molecule has 0 fully saturated rings. The van der Waals surface area contributed by atoms with Gasteiger partial charge in [0, 0.05) is 37.6 Å². The van der Waals surface area contributed by atoms with Gasteiger partial charge in [-0.15, -0.1) is 0 Å². The molecule has 0 saturated carbocycles. The number of carbonyl (C=O) groups excluding carboxylic acids is 1. The van der Waals surface area contributed by atoms with E-state index in [1.165, 1.54) is 24.3 Å². The van der Waals surface area contributed by atoms with Crippen molar-refractivity contribution in [3.8, 4) is 0 Å². The molecule has 0 radical (unpaired) electrons. The van der Waals surface area contributed by atoms with E-state index < -0.39 is 0 Å². The first-order valence-corrected chi connectivity index (χ1v) is 9.93. The summed E-state index contributed by atoms with van der Waals surface area (Å²) < 4.78 is 26.6. The summed E-state index contributed by atoms with van der Waals surface area (Å²) in [7, 11) is 0. The Morgan fingerprint density at radius 3 is 2.61 bits per heavy atom. The third-order valence-electron chi connectivity index (χ3n) is 5.11. The molecule has 0 bridgehead atoms. The van der Waals surface area contributed by atoms with Gasteiger partial charge in [-0.25, -0.2) is 13.6 Å². The number of benzene rings is 2. The predicted molar refractivity (Wildman–Crippen MR) is 109 cm³/mol. The first-order chi connectivity index (χ1) is 13.6. The van der Waals surface area contributed by atoms with Gasteiger partial charge in [-0.1, -0.05) is 0 Å². The second-order valence-electron chi connectivity index (χ2n) is 7.02. The van der Waals surface area contributed by atoms with Gasteiger partial charge in [0.2, 0.25) is 0 Å². The first-order valence-electron chi connectivity index (χ1n) is 9.93. The number of hydrogen-bond acceptors (Lipinski definition) is 2. The van der Waals surface area contributed by atoms with E-state index in [-0.39, 0.29) is 17.7 Å². The lowest BCUT2D eigenvalue weighted by molar-refractivity contribution is 0.246. The fraction of sp³-hybridized carbons (Fsp3) is 0.409. The highest BCUT2D eigenvalue weighted by Crippen LogP contribution is 2.27. The van der Waals surface area contributed by atoms with Crippen molar-refractivity contribution in [1.29, 1.82) is 0 Å². The van der Waals surface area contributed by atoms with Crippen LogP contribution in [-0.4, -0.2) is 32.2 Å². The van der Waals surface area contributed by atoms with E-state index in [4.69, 9.17) is 0 Å². The van der Waals surface area contributed by atoms with Crippen molar-refractivity contribution in [3.63, 3.8) is 0 Å². The Bertz CT molecular complexity index is 795. The van der Waals surface area contributed by atoms with E-state index >= 15 is 0 Å². The van der Waals surface area contributed by atoms with Crippen LogP contribution in [0.2, 0.25) is 0 Å². The average Bonchev–Trinajstić information content (AvgIpc) is 2.91. The van der Waals surface area contributed by atoms with Crippen molar-refractivity contribution in [2.75, 3.05) is 36.0 Å². The number of nitrogens with zero attached hydrogens (tertiary/aromatic N) is 2. The van der Waals surface area contributed by atoms with Crippen molar-refractivity contribution in [1.82, 2.24) is 5.32 Å². The fourth-order valence-electron chi connectivity index (χ4n) is 3.62. The molecular formula is C22H27F2N3O. The maximum atomic E-state index is 13.5. The summed E-state index contributed by atoms with van der Waals surface area (Å²) >= 11 is 0. The van der Waals surface area contributed by atoms with Crippen LogP contribution in [0.1, 0.15) is 31.7 Å². The zero-order valence-electron chi connectivity index (χ0n) is 16.3. The van der Waals surface area contributed by atoms with Crippen LogP contribution in [-0.2, 0) is 6.42 Å². The zero-order valence-corrected chi connectivity index (χ0v) is 16.3. The molecule has 0 saturated heterocycles. The van der Waals surface area contributed by atoms with Crippen LogP contribution >= 0.6 is 0 Å². The van der Waals surface area contributed by atoms with Crippen LogP contribution in [0.4, 0.5) is 25.0 Å². The molecule has 2 aromatic rings. The van der Waals surface area contributed by atoms with Gasteiger partial charge < -0.3 is 10.2 Å². The van der Waals surface area contributed by atoms with Crippen LogP contribution < -0.4 is 15.1 Å². The summed E-state index contributed by atoms with van der Waals surface area (Å²) in [5.41, 5.74) is 2.66. The molecule has 0 spiro atoms. The van der Waals surface area contributed by atoms with Crippen LogP contribution in [0.3, 0.4) is 0 Å². The molecule has 2 amide bonds. The minimum atomic E-state index is -0.263. The quantitative estimate of drug-likeness (QED) is 0.727. The van der Waals surface area contributed by atoms with Gasteiger partial charge in [-0.3, -0.25) is 4.90 Å². The molecule has 1 aliphatic rings. The molecule has 1 aliphatic heterocycles. The third-order valence-corrected chi connectivity index (χ3v) is 5.11. The SMILES string of the molecule is CCN(CCCNC(=O)N1CCCCc2cc(F)ccc21)c1ccc(F)cc1. The highest BCUT2D eigenvalue weighted by molar-refractivity contribution is 5.92. The largest absolute Gasteiger partial charge is 0.372 e. The molecule has 1 heterocycles. The fourth-order valence-corrected chi connectivity index (χ4v) is 3.62. The topological polar surface area (TPSA) is 35.6 Å². The van der Waals surface area contributed by atoms with E-state index in [1.54, 1.807) is 23.1 Å². The molecule has 6 heteroatoms. The van der Waals surface area contributed by atoms with Gasteiger partial charge in [-0.2, -0.15) is 0 Å². The van der Waals surface area contributed by atoms with Gasteiger partial charge in [0.1, 0.15) is 11.6 Å². The van der Waals surface area contributed by atoms with Gasteiger partial charge in [0.25, 0.3) is 0 Å². The number of carbonyl (C=O) groups is 1. The summed E-state index contributed by atoms with van der Waals surface area (Å²) in [5.74, 6) is -0.508. The van der Waals surface area contributed by atoms with E-state index in [0.717, 1.165) is 55.7 Å². The maximum Gasteiger partial charge on any atom is 0.321 e. The van der Waals surface area contributed by atoms with Crippen LogP contribution in [0.5, 0.6) is 0 Å². The van der Waals surface area contributed by atoms with Gasteiger partial charge >= 0.3 is 6.03 Å². The van der Waals surface area contributed by atoms with E-state index in [2.05, 4.69) is 17.1 Å². The van der Waals surface area contributed by atoms with Crippen LogP contribution in [0.25, 0.3) is 0 Å². The Labute approximate surface area is 165 Å². The Morgan fingerprint density at radius 1 is 1.11 bits per heavy atom. The number of amides is 2. The van der Waals surface area contributed by atoms with E-state index in [1.807, 2.05) is 0 Å². The number of hydrogen-bond donors (Lipinski definition) is 1. The Hall–Kier alpha value is -2.63. The number of fused-ring (bicyclic) bond motifs is 1. The monoisotopic (exact) mass is 387 g/mol. The summed E-state index contributed by atoms with van der Waals surface area (Å²) in [5, 5.41) is 2.98. The Balaban J connectivity index is 1.53. The highest BCUT2D eigenvalue weighted by Gasteiger charge is 2.21. The molecule has 1 N–H and O–H groups in total. The second-order valence-corrected chi connectivity index (χ2v) is 7.02. The highest BCUT2D eigenvalue weighted by atomic mass is 19.1. The molecule has 2 aromatic carbocycles. The summed E-state index contributed by atoms with van der Waals surface area (Å²) in [6.45, 7) is 4.81. The summed E-state index contributed by atoms with van der Waals surface area (Å²) in [4.78, 5) is 16.6. The van der Waals surface area contributed by atoms with Crippen molar-refractivity contribution < 1.29 is 13.6 Å². The number of halogens is 2.